The van der Waals surface area contributed by atoms with E-state index in [9.17, 15) is 13.2 Å². The van der Waals surface area contributed by atoms with E-state index in [0.29, 0.717) is 6.54 Å². The molecule has 0 aromatic carbocycles. The van der Waals surface area contributed by atoms with Gasteiger partial charge in [0.05, 0.1) is 7.11 Å². The largest absolute Gasteiger partial charge is 0.465 e. The lowest BCUT2D eigenvalue weighted by atomic mass is 10.3. The average molecular weight is 357 g/mol. The Labute approximate surface area is 137 Å². The van der Waals surface area contributed by atoms with Gasteiger partial charge in [0, 0.05) is 12.6 Å². The summed E-state index contributed by atoms with van der Waals surface area (Å²) in [4.78, 5) is 12.0. The molecular weight excluding hydrogens is 342 g/mol. The molecule has 0 N–H and O–H groups in total. The Balaban J connectivity index is 1.96. The van der Waals surface area contributed by atoms with Gasteiger partial charge in [-0.2, -0.15) is 15.6 Å². The van der Waals surface area contributed by atoms with Crippen LogP contribution in [0.25, 0.3) is 0 Å². The van der Waals surface area contributed by atoms with Crippen molar-refractivity contribution in [3.63, 3.8) is 0 Å². The number of thiophene rings is 2. The van der Waals surface area contributed by atoms with Gasteiger partial charge >= 0.3 is 5.97 Å². The summed E-state index contributed by atoms with van der Waals surface area (Å²) >= 11 is 2.63. The third kappa shape index (κ3) is 2.96. The first-order chi connectivity index (χ1) is 10.5. The van der Waals surface area contributed by atoms with Gasteiger partial charge in [-0.1, -0.05) is 0 Å². The van der Waals surface area contributed by atoms with Gasteiger partial charge in [0.2, 0.25) is 10.0 Å². The quantitative estimate of drug-likeness (QED) is 0.746. The maximum Gasteiger partial charge on any atom is 0.349 e. The number of methoxy groups -OCH3 is 1. The fourth-order valence-corrected chi connectivity index (χ4v) is 5.85. The van der Waals surface area contributed by atoms with Crippen LogP contribution in [0.5, 0.6) is 0 Å². The van der Waals surface area contributed by atoms with E-state index in [-0.39, 0.29) is 15.8 Å². The molecule has 1 saturated carbocycles. The van der Waals surface area contributed by atoms with Gasteiger partial charge in [-0.05, 0) is 46.7 Å². The van der Waals surface area contributed by atoms with Crippen molar-refractivity contribution in [1.82, 2.24) is 4.31 Å². The Morgan fingerprint density at radius 3 is 2.73 bits per heavy atom. The number of nitrogens with zero attached hydrogens (tertiary/aromatic N) is 1. The Morgan fingerprint density at radius 2 is 2.14 bits per heavy atom. The molecule has 118 valence electrons. The summed E-state index contributed by atoms with van der Waals surface area (Å²) in [6.07, 6.45) is 1.72. The summed E-state index contributed by atoms with van der Waals surface area (Å²) in [5.41, 5.74) is 0.968. The number of rotatable bonds is 6. The summed E-state index contributed by atoms with van der Waals surface area (Å²) in [6.45, 7) is 0.340. The Bertz CT molecular complexity index is 760. The summed E-state index contributed by atoms with van der Waals surface area (Å²) in [5.74, 6) is -0.611. The van der Waals surface area contributed by atoms with Crippen LogP contribution in [0, 0.1) is 0 Å². The van der Waals surface area contributed by atoms with Crippen LogP contribution in [-0.2, 0) is 21.3 Å². The van der Waals surface area contributed by atoms with Crippen molar-refractivity contribution in [3.05, 3.63) is 38.7 Å². The molecular formula is C14H15NO4S3. The first kappa shape index (κ1) is 15.7. The summed E-state index contributed by atoms with van der Waals surface area (Å²) < 4.78 is 32.1. The van der Waals surface area contributed by atoms with Crippen molar-refractivity contribution in [2.45, 2.75) is 30.3 Å². The highest BCUT2D eigenvalue weighted by molar-refractivity contribution is 7.89. The van der Waals surface area contributed by atoms with Crippen LogP contribution >= 0.6 is 22.7 Å². The zero-order valence-electron chi connectivity index (χ0n) is 11.9. The number of ether oxygens (including phenoxy) is 1. The van der Waals surface area contributed by atoms with E-state index in [1.807, 2.05) is 16.8 Å². The SMILES string of the molecule is COC(=O)c1sccc1S(=O)(=O)N(Cc1ccsc1)C1CC1. The molecule has 0 aliphatic heterocycles. The van der Waals surface area contributed by atoms with Crippen LogP contribution in [0.1, 0.15) is 28.1 Å². The van der Waals surface area contributed by atoms with E-state index in [2.05, 4.69) is 4.74 Å². The van der Waals surface area contributed by atoms with Gasteiger partial charge < -0.3 is 4.74 Å². The second-order valence-electron chi connectivity index (χ2n) is 5.02. The summed E-state index contributed by atoms with van der Waals surface area (Å²) in [5, 5.41) is 5.48. The molecule has 2 aromatic heterocycles. The number of hydrogen-bond acceptors (Lipinski definition) is 6. The van der Waals surface area contributed by atoms with Crippen LogP contribution < -0.4 is 0 Å². The van der Waals surface area contributed by atoms with Crippen LogP contribution in [0.2, 0.25) is 0 Å². The van der Waals surface area contributed by atoms with Crippen molar-refractivity contribution >= 4 is 38.7 Å². The highest BCUT2D eigenvalue weighted by Crippen LogP contribution is 2.36. The van der Waals surface area contributed by atoms with Gasteiger partial charge in [0.15, 0.2) is 0 Å². The van der Waals surface area contributed by atoms with E-state index >= 15 is 0 Å². The fourth-order valence-electron chi connectivity index (χ4n) is 2.20. The van der Waals surface area contributed by atoms with E-state index in [1.54, 1.807) is 5.38 Å². The molecule has 1 aliphatic rings. The highest BCUT2D eigenvalue weighted by Gasteiger charge is 2.40. The second kappa shape index (κ2) is 6.11. The highest BCUT2D eigenvalue weighted by atomic mass is 32.2. The monoisotopic (exact) mass is 357 g/mol. The molecule has 0 bridgehead atoms. The molecule has 0 unspecified atom stereocenters. The predicted octanol–water partition coefficient (Wildman–Crippen LogP) is 2.95. The normalized spacial score (nSPS) is 15.2. The lowest BCUT2D eigenvalue weighted by Crippen LogP contribution is -2.33. The molecule has 0 saturated heterocycles. The van der Waals surface area contributed by atoms with Crippen molar-refractivity contribution < 1.29 is 17.9 Å². The van der Waals surface area contributed by atoms with Crippen molar-refractivity contribution in [3.8, 4) is 0 Å². The molecule has 2 aromatic rings. The smallest absolute Gasteiger partial charge is 0.349 e. The zero-order chi connectivity index (χ0) is 15.7. The number of carbonyl (C=O) groups is 1. The second-order valence-corrected chi connectivity index (χ2v) is 8.57. The number of hydrogen-bond donors (Lipinski definition) is 0. The molecule has 0 amide bonds. The Kier molecular flexibility index (Phi) is 4.35. The zero-order valence-corrected chi connectivity index (χ0v) is 14.3. The molecule has 22 heavy (non-hydrogen) atoms. The molecule has 0 radical (unpaired) electrons. The summed E-state index contributed by atoms with van der Waals surface area (Å²) in [6, 6.07) is 3.43. The van der Waals surface area contributed by atoms with E-state index in [1.165, 1.54) is 28.8 Å². The van der Waals surface area contributed by atoms with E-state index < -0.39 is 16.0 Å². The molecule has 1 fully saturated rings. The topological polar surface area (TPSA) is 63.7 Å². The Hall–Kier alpha value is -1.22. The first-order valence-electron chi connectivity index (χ1n) is 6.72. The van der Waals surface area contributed by atoms with Gasteiger partial charge in [-0.3, -0.25) is 0 Å². The predicted molar refractivity (Wildman–Crippen MR) is 85.7 cm³/mol. The van der Waals surface area contributed by atoms with E-state index in [4.69, 9.17) is 0 Å². The fraction of sp³-hybridized carbons (Fsp3) is 0.357. The van der Waals surface area contributed by atoms with Crippen LogP contribution in [0.4, 0.5) is 0 Å². The van der Waals surface area contributed by atoms with Crippen molar-refractivity contribution in [1.29, 1.82) is 0 Å². The van der Waals surface area contributed by atoms with Crippen LogP contribution in [0.15, 0.2) is 33.2 Å². The molecule has 8 heteroatoms. The standard InChI is InChI=1S/C14H15NO4S3/c1-19-14(16)13-12(5-7-21-13)22(17,18)15(11-2-3-11)8-10-4-6-20-9-10/h4-7,9,11H,2-3,8H2,1H3. The molecule has 5 nitrogen and oxygen atoms in total. The third-order valence-electron chi connectivity index (χ3n) is 3.46. The maximum atomic E-state index is 13.0. The minimum atomic E-state index is -3.71. The molecule has 0 atom stereocenters. The van der Waals surface area contributed by atoms with Gasteiger partial charge in [-0.15, -0.1) is 11.3 Å². The Morgan fingerprint density at radius 1 is 1.36 bits per heavy atom. The third-order valence-corrected chi connectivity index (χ3v) is 7.16. The van der Waals surface area contributed by atoms with Gasteiger partial charge in [-0.25, -0.2) is 13.2 Å². The molecule has 2 heterocycles. The van der Waals surface area contributed by atoms with Gasteiger partial charge in [0.25, 0.3) is 0 Å². The molecule has 1 aliphatic carbocycles. The molecule has 0 spiro atoms. The molecule has 3 rings (SSSR count). The average Bonchev–Trinajstić information content (AvgIpc) is 3.02. The number of esters is 1. The summed E-state index contributed by atoms with van der Waals surface area (Å²) in [7, 11) is -2.46. The lowest BCUT2D eigenvalue weighted by Gasteiger charge is -2.21. The maximum absolute atomic E-state index is 13.0. The van der Waals surface area contributed by atoms with Crippen molar-refractivity contribution in [2.24, 2.45) is 0 Å². The van der Waals surface area contributed by atoms with Gasteiger partial charge in [0.1, 0.15) is 9.77 Å². The first-order valence-corrected chi connectivity index (χ1v) is 9.99. The minimum Gasteiger partial charge on any atom is -0.465 e. The van der Waals surface area contributed by atoms with Crippen LogP contribution in [-0.4, -0.2) is 31.8 Å². The van der Waals surface area contributed by atoms with E-state index in [0.717, 1.165) is 29.7 Å². The van der Waals surface area contributed by atoms with Crippen molar-refractivity contribution in [2.75, 3.05) is 7.11 Å². The number of sulfonamides is 1. The number of carbonyl (C=O) groups excluding carboxylic acids is 1. The lowest BCUT2D eigenvalue weighted by molar-refractivity contribution is 0.0602. The van der Waals surface area contributed by atoms with Crippen LogP contribution in [0.3, 0.4) is 0 Å². The minimum absolute atomic E-state index is 0.0234.